The Morgan fingerprint density at radius 2 is 1.10 bits per heavy atom. The normalized spacial score (nSPS) is 11.1. The molecule has 0 saturated heterocycles. The lowest BCUT2D eigenvalue weighted by atomic mass is 10.0. The molecular formula is C26H29NOS. The van der Waals surface area contributed by atoms with Crippen molar-refractivity contribution in [3.8, 4) is 0 Å². The number of carbonyl (C=O) groups excluding carboxylic acids is 1. The Bertz CT molecular complexity index is 934. The molecule has 0 heterocycles. The van der Waals surface area contributed by atoms with Gasteiger partial charge in [-0.05, 0) is 95.3 Å². The van der Waals surface area contributed by atoms with Crippen molar-refractivity contribution < 1.29 is 4.79 Å². The van der Waals surface area contributed by atoms with Gasteiger partial charge in [0.05, 0.1) is 0 Å². The van der Waals surface area contributed by atoms with Crippen LogP contribution in [-0.4, -0.2) is 17.9 Å². The third-order valence-electron chi connectivity index (χ3n) is 4.91. The van der Waals surface area contributed by atoms with Crippen molar-refractivity contribution in [3.05, 3.63) is 89.5 Å². The first-order chi connectivity index (χ1) is 13.8. The number of hydrogen-bond acceptors (Lipinski definition) is 3. The third-order valence-corrected chi connectivity index (χ3v) is 5.93. The van der Waals surface area contributed by atoms with Crippen molar-refractivity contribution in [1.29, 1.82) is 0 Å². The lowest BCUT2D eigenvalue weighted by Crippen LogP contribution is -2.36. The molecule has 0 amide bonds. The highest BCUT2D eigenvalue weighted by Crippen LogP contribution is 2.28. The minimum atomic E-state index is 0.0593. The fourth-order valence-corrected chi connectivity index (χ4v) is 4.38. The molecule has 29 heavy (non-hydrogen) atoms. The molecule has 150 valence electrons. The predicted octanol–water partition coefficient (Wildman–Crippen LogP) is 7.00. The Hall–Kier alpha value is -2.52. The molecule has 0 saturated carbocycles. The molecule has 3 aromatic rings. The Balaban J connectivity index is 1.72. The second-order valence-corrected chi connectivity index (χ2v) is 9.06. The molecule has 0 atom stereocenters. The van der Waals surface area contributed by atoms with E-state index in [0.717, 1.165) is 21.7 Å². The second kappa shape index (κ2) is 9.32. The van der Waals surface area contributed by atoms with Gasteiger partial charge >= 0.3 is 0 Å². The van der Waals surface area contributed by atoms with Crippen LogP contribution in [0, 0.1) is 6.92 Å². The number of ketones is 1. The van der Waals surface area contributed by atoms with Crippen LogP contribution in [0.1, 0.15) is 49.2 Å². The molecular weight excluding hydrogens is 374 g/mol. The van der Waals surface area contributed by atoms with Gasteiger partial charge in [-0.2, -0.15) is 0 Å². The fourth-order valence-electron chi connectivity index (χ4n) is 3.56. The second-order valence-electron chi connectivity index (χ2n) is 7.91. The zero-order chi connectivity index (χ0) is 21.0. The van der Waals surface area contributed by atoms with Crippen LogP contribution < -0.4 is 4.90 Å². The summed E-state index contributed by atoms with van der Waals surface area (Å²) in [5.41, 5.74) is 3.85. The van der Waals surface area contributed by atoms with Gasteiger partial charge in [-0.3, -0.25) is 4.79 Å². The Morgan fingerprint density at radius 1 is 0.690 bits per heavy atom. The molecule has 2 nitrogen and oxygen atoms in total. The van der Waals surface area contributed by atoms with Crippen molar-refractivity contribution >= 4 is 23.2 Å². The molecule has 0 spiro atoms. The van der Waals surface area contributed by atoms with Crippen molar-refractivity contribution in [2.45, 2.75) is 56.5 Å². The lowest BCUT2D eigenvalue weighted by molar-refractivity contribution is 0.103. The van der Waals surface area contributed by atoms with Crippen LogP contribution in [0.5, 0.6) is 0 Å². The predicted molar refractivity (Wildman–Crippen MR) is 124 cm³/mol. The van der Waals surface area contributed by atoms with E-state index >= 15 is 0 Å². The molecule has 0 aliphatic carbocycles. The van der Waals surface area contributed by atoms with Gasteiger partial charge < -0.3 is 4.90 Å². The van der Waals surface area contributed by atoms with Gasteiger partial charge in [-0.15, -0.1) is 0 Å². The van der Waals surface area contributed by atoms with E-state index in [4.69, 9.17) is 0 Å². The van der Waals surface area contributed by atoms with Gasteiger partial charge in [0.25, 0.3) is 0 Å². The highest BCUT2D eigenvalue weighted by molar-refractivity contribution is 7.99. The zero-order valence-corrected chi connectivity index (χ0v) is 18.7. The van der Waals surface area contributed by atoms with E-state index in [1.165, 1.54) is 10.5 Å². The molecule has 0 radical (unpaired) electrons. The van der Waals surface area contributed by atoms with Crippen LogP contribution in [-0.2, 0) is 0 Å². The molecule has 0 fully saturated rings. The van der Waals surface area contributed by atoms with E-state index < -0.39 is 0 Å². The summed E-state index contributed by atoms with van der Waals surface area (Å²) in [6, 6.07) is 25.1. The van der Waals surface area contributed by atoms with Gasteiger partial charge in [0.1, 0.15) is 0 Å². The first-order valence-corrected chi connectivity index (χ1v) is 10.9. The van der Waals surface area contributed by atoms with Gasteiger partial charge in [0.15, 0.2) is 5.78 Å². The highest BCUT2D eigenvalue weighted by Gasteiger charge is 2.15. The maximum absolute atomic E-state index is 12.9. The van der Waals surface area contributed by atoms with Gasteiger partial charge in [0, 0.05) is 38.7 Å². The van der Waals surface area contributed by atoms with Crippen molar-refractivity contribution in [2.24, 2.45) is 0 Å². The number of rotatable bonds is 7. The van der Waals surface area contributed by atoms with Gasteiger partial charge in [-0.1, -0.05) is 29.5 Å². The van der Waals surface area contributed by atoms with E-state index in [-0.39, 0.29) is 5.78 Å². The van der Waals surface area contributed by atoms with Crippen LogP contribution in [0.2, 0.25) is 0 Å². The van der Waals surface area contributed by atoms with E-state index in [0.29, 0.717) is 12.1 Å². The van der Waals surface area contributed by atoms with Crippen molar-refractivity contribution in [1.82, 2.24) is 0 Å². The topological polar surface area (TPSA) is 20.3 Å². The summed E-state index contributed by atoms with van der Waals surface area (Å²) in [4.78, 5) is 17.6. The molecule has 0 N–H and O–H groups in total. The van der Waals surface area contributed by atoms with Crippen molar-refractivity contribution in [3.63, 3.8) is 0 Å². The molecule has 3 rings (SSSR count). The average Bonchev–Trinajstić information content (AvgIpc) is 2.70. The lowest BCUT2D eigenvalue weighted by Gasteiger charge is -2.33. The Morgan fingerprint density at radius 3 is 1.55 bits per heavy atom. The van der Waals surface area contributed by atoms with Gasteiger partial charge in [-0.25, -0.2) is 0 Å². The summed E-state index contributed by atoms with van der Waals surface area (Å²) in [6.45, 7) is 10.8. The average molecular weight is 404 g/mol. The monoisotopic (exact) mass is 403 g/mol. The number of benzene rings is 3. The van der Waals surface area contributed by atoms with Crippen LogP contribution in [0.25, 0.3) is 0 Å². The van der Waals surface area contributed by atoms with Crippen LogP contribution in [0.3, 0.4) is 0 Å². The highest BCUT2D eigenvalue weighted by atomic mass is 32.2. The smallest absolute Gasteiger partial charge is 0.193 e. The summed E-state index contributed by atoms with van der Waals surface area (Å²) in [6.07, 6.45) is 0. The largest absolute Gasteiger partial charge is 0.367 e. The summed E-state index contributed by atoms with van der Waals surface area (Å²) in [5, 5.41) is 0. The Labute approximate surface area is 179 Å². The molecule has 0 bridgehead atoms. The number of anilines is 1. The summed E-state index contributed by atoms with van der Waals surface area (Å²) in [5.74, 6) is 0.0593. The maximum atomic E-state index is 12.9. The van der Waals surface area contributed by atoms with Gasteiger partial charge in [0.2, 0.25) is 0 Å². The zero-order valence-electron chi connectivity index (χ0n) is 17.8. The number of carbonyl (C=O) groups is 1. The maximum Gasteiger partial charge on any atom is 0.193 e. The van der Waals surface area contributed by atoms with E-state index in [9.17, 15) is 4.79 Å². The molecule has 0 aliphatic rings. The minimum absolute atomic E-state index is 0.0593. The third kappa shape index (κ3) is 5.30. The fraction of sp³-hybridized carbons (Fsp3) is 0.269. The minimum Gasteiger partial charge on any atom is -0.367 e. The van der Waals surface area contributed by atoms with E-state index in [1.54, 1.807) is 11.8 Å². The molecule has 0 unspecified atom stereocenters. The quantitative estimate of drug-likeness (QED) is 0.396. The molecule has 3 heteroatoms. The Kier molecular flexibility index (Phi) is 6.81. The van der Waals surface area contributed by atoms with Crippen LogP contribution in [0.15, 0.2) is 82.6 Å². The summed E-state index contributed by atoms with van der Waals surface area (Å²) < 4.78 is 0. The number of nitrogens with zero attached hydrogens (tertiary/aromatic N) is 1. The van der Waals surface area contributed by atoms with E-state index in [2.05, 4.69) is 75.9 Å². The molecule has 0 aliphatic heterocycles. The number of aryl methyl sites for hydroxylation is 1. The summed E-state index contributed by atoms with van der Waals surface area (Å²) in [7, 11) is 0. The van der Waals surface area contributed by atoms with E-state index in [1.807, 2.05) is 36.4 Å². The van der Waals surface area contributed by atoms with Crippen LogP contribution >= 0.6 is 11.8 Å². The summed E-state index contributed by atoms with van der Waals surface area (Å²) >= 11 is 1.71. The SMILES string of the molecule is Cc1ccc(Sc2ccc(C(=O)c3ccc(N(C(C)C)C(C)C)cc3)cc2)cc1. The standard InChI is InChI=1S/C26H29NOS/c1-18(2)27(19(3)4)23-12-8-21(9-13-23)26(28)22-10-16-25(17-11-22)29-24-14-6-20(5)7-15-24/h6-19H,1-5H3. The number of hydrogen-bond donors (Lipinski definition) is 0. The van der Waals surface area contributed by atoms with Crippen molar-refractivity contribution in [2.75, 3.05) is 4.90 Å². The van der Waals surface area contributed by atoms with Crippen LogP contribution in [0.4, 0.5) is 5.69 Å². The molecule has 0 aromatic heterocycles. The molecule has 3 aromatic carbocycles. The first kappa shape index (κ1) is 21.2. The first-order valence-electron chi connectivity index (χ1n) is 10.1.